The van der Waals surface area contributed by atoms with E-state index in [1.807, 2.05) is 104 Å². The zero-order chi connectivity index (χ0) is 29.1. The molecule has 0 spiro atoms. The van der Waals surface area contributed by atoms with Crippen LogP contribution >= 0.6 is 24.0 Å². The summed E-state index contributed by atoms with van der Waals surface area (Å²) in [6.07, 6.45) is 3.78. The molecule has 1 saturated heterocycles. The molecule has 0 bridgehead atoms. The number of aromatic nitrogens is 2. The second-order valence-electron chi connectivity index (χ2n) is 9.76. The number of carbonyl (C=O) groups is 1. The number of ether oxygens (including phenoxy) is 1. The molecule has 208 valence electrons. The first kappa shape index (κ1) is 27.6. The topological polar surface area (TPSA) is 47.4 Å². The van der Waals surface area contributed by atoms with E-state index in [4.69, 9.17) is 22.1 Å². The zero-order valence-corrected chi connectivity index (χ0v) is 24.3. The van der Waals surface area contributed by atoms with E-state index in [0.717, 1.165) is 22.4 Å². The molecule has 1 aliphatic rings. The SMILES string of the molecule is CC(c1ccccc1)N1C(=O)/C(=C/c2cn(-c3ccccc3)nc2-c2ccc(OCc3ccccc3F)cc2)SC1=S. The van der Waals surface area contributed by atoms with Crippen molar-refractivity contribution in [3.8, 4) is 22.7 Å². The molecule has 5 nitrogen and oxygen atoms in total. The zero-order valence-electron chi connectivity index (χ0n) is 22.7. The van der Waals surface area contributed by atoms with Gasteiger partial charge in [0.15, 0.2) is 0 Å². The Balaban J connectivity index is 1.31. The summed E-state index contributed by atoms with van der Waals surface area (Å²) in [5, 5.41) is 4.89. The number of hydrogen-bond donors (Lipinski definition) is 0. The highest BCUT2D eigenvalue weighted by Gasteiger charge is 2.36. The van der Waals surface area contributed by atoms with Gasteiger partial charge >= 0.3 is 0 Å². The summed E-state index contributed by atoms with van der Waals surface area (Å²) in [5.41, 5.74) is 4.75. The second kappa shape index (κ2) is 12.1. The molecular weight excluding hydrogens is 566 g/mol. The fourth-order valence-electron chi connectivity index (χ4n) is 4.75. The number of hydrogen-bond acceptors (Lipinski definition) is 5. The third-order valence-electron chi connectivity index (χ3n) is 7.02. The van der Waals surface area contributed by atoms with Crippen LogP contribution in [0.15, 0.2) is 120 Å². The van der Waals surface area contributed by atoms with Gasteiger partial charge in [-0.1, -0.05) is 90.7 Å². The maximum Gasteiger partial charge on any atom is 0.266 e. The quantitative estimate of drug-likeness (QED) is 0.134. The van der Waals surface area contributed by atoms with Crippen molar-refractivity contribution >= 4 is 40.3 Å². The van der Waals surface area contributed by atoms with Crippen LogP contribution in [-0.4, -0.2) is 24.9 Å². The molecule has 8 heteroatoms. The lowest BCUT2D eigenvalue weighted by atomic mass is 10.1. The van der Waals surface area contributed by atoms with Crippen molar-refractivity contribution < 1.29 is 13.9 Å². The van der Waals surface area contributed by atoms with Crippen molar-refractivity contribution in [1.29, 1.82) is 0 Å². The van der Waals surface area contributed by atoms with Crippen molar-refractivity contribution in [3.05, 3.63) is 143 Å². The highest BCUT2D eigenvalue weighted by atomic mass is 32.2. The predicted octanol–water partition coefficient (Wildman–Crippen LogP) is 8.22. The molecule has 0 N–H and O–H groups in total. The summed E-state index contributed by atoms with van der Waals surface area (Å²) in [6.45, 7) is 2.11. The van der Waals surface area contributed by atoms with E-state index < -0.39 is 0 Å². The number of halogens is 1. The van der Waals surface area contributed by atoms with Gasteiger partial charge in [0, 0.05) is 22.9 Å². The van der Waals surface area contributed by atoms with Gasteiger partial charge in [0.1, 0.15) is 22.5 Å². The van der Waals surface area contributed by atoms with Crippen LogP contribution in [0.4, 0.5) is 4.39 Å². The van der Waals surface area contributed by atoms with E-state index in [2.05, 4.69) is 0 Å². The Hall–Kier alpha value is -4.53. The van der Waals surface area contributed by atoms with Crippen molar-refractivity contribution in [2.45, 2.75) is 19.6 Å². The molecule has 42 heavy (non-hydrogen) atoms. The van der Waals surface area contributed by atoms with Gasteiger partial charge in [0.2, 0.25) is 0 Å². The van der Waals surface area contributed by atoms with E-state index in [1.54, 1.807) is 27.8 Å². The molecule has 6 rings (SSSR count). The Morgan fingerprint density at radius 1 is 0.929 bits per heavy atom. The Morgan fingerprint density at radius 2 is 1.60 bits per heavy atom. The maximum absolute atomic E-state index is 14.0. The van der Waals surface area contributed by atoms with Crippen LogP contribution in [0.2, 0.25) is 0 Å². The molecular formula is C34H26FN3O2S2. The van der Waals surface area contributed by atoms with Crippen molar-refractivity contribution in [1.82, 2.24) is 14.7 Å². The largest absolute Gasteiger partial charge is 0.489 e. The molecule has 0 saturated carbocycles. The molecule has 1 aliphatic heterocycles. The van der Waals surface area contributed by atoms with Crippen molar-refractivity contribution in [3.63, 3.8) is 0 Å². The fourth-order valence-corrected chi connectivity index (χ4v) is 6.16. The number of amides is 1. The number of thioether (sulfide) groups is 1. The summed E-state index contributed by atoms with van der Waals surface area (Å²) in [6, 6.07) is 33.5. The molecule has 2 heterocycles. The molecule has 4 aromatic carbocycles. The van der Waals surface area contributed by atoms with Gasteiger partial charge in [-0.3, -0.25) is 9.69 Å². The number of benzene rings is 4. The van der Waals surface area contributed by atoms with Gasteiger partial charge in [-0.15, -0.1) is 0 Å². The van der Waals surface area contributed by atoms with Crippen LogP contribution in [0.3, 0.4) is 0 Å². The average molecular weight is 592 g/mol. The summed E-state index contributed by atoms with van der Waals surface area (Å²) in [7, 11) is 0. The first-order valence-corrected chi connectivity index (χ1v) is 14.6. The predicted molar refractivity (Wildman–Crippen MR) is 170 cm³/mol. The third-order valence-corrected chi connectivity index (χ3v) is 8.35. The highest BCUT2D eigenvalue weighted by molar-refractivity contribution is 8.26. The third kappa shape index (κ3) is 5.77. The van der Waals surface area contributed by atoms with Gasteiger partial charge in [0.25, 0.3) is 5.91 Å². The molecule has 1 fully saturated rings. The first-order chi connectivity index (χ1) is 20.5. The smallest absolute Gasteiger partial charge is 0.266 e. The van der Waals surface area contributed by atoms with Gasteiger partial charge in [-0.2, -0.15) is 5.10 Å². The summed E-state index contributed by atoms with van der Waals surface area (Å²) in [4.78, 5) is 15.8. The van der Waals surface area contributed by atoms with E-state index in [9.17, 15) is 9.18 Å². The van der Waals surface area contributed by atoms with E-state index >= 15 is 0 Å². The lowest BCUT2D eigenvalue weighted by molar-refractivity contribution is -0.123. The number of thiocarbonyl (C=S) groups is 1. The molecule has 0 aliphatic carbocycles. The summed E-state index contributed by atoms with van der Waals surface area (Å²) < 4.78 is 22.2. The van der Waals surface area contributed by atoms with Crippen LogP contribution in [0.5, 0.6) is 5.75 Å². The van der Waals surface area contributed by atoms with E-state index in [0.29, 0.717) is 26.2 Å². The minimum absolute atomic E-state index is 0.128. The lowest BCUT2D eigenvalue weighted by Gasteiger charge is -2.23. The number of para-hydroxylation sites is 1. The van der Waals surface area contributed by atoms with Crippen molar-refractivity contribution in [2.75, 3.05) is 0 Å². The van der Waals surface area contributed by atoms with Crippen LogP contribution in [0.1, 0.15) is 29.7 Å². The maximum atomic E-state index is 14.0. The lowest BCUT2D eigenvalue weighted by Crippen LogP contribution is -2.30. The van der Waals surface area contributed by atoms with Gasteiger partial charge in [-0.05, 0) is 61.0 Å². The minimum atomic E-state index is -0.297. The van der Waals surface area contributed by atoms with Crippen LogP contribution in [-0.2, 0) is 11.4 Å². The monoisotopic (exact) mass is 591 g/mol. The van der Waals surface area contributed by atoms with Crippen molar-refractivity contribution in [2.24, 2.45) is 0 Å². The van der Waals surface area contributed by atoms with Gasteiger partial charge in [-0.25, -0.2) is 9.07 Å². The van der Waals surface area contributed by atoms with Crippen LogP contribution in [0.25, 0.3) is 23.0 Å². The molecule has 1 unspecified atom stereocenters. The summed E-state index contributed by atoms with van der Waals surface area (Å²) in [5.74, 6) is 0.187. The second-order valence-corrected chi connectivity index (χ2v) is 11.4. The Bertz CT molecular complexity index is 1770. The highest BCUT2D eigenvalue weighted by Crippen LogP contribution is 2.39. The molecule has 1 aromatic heterocycles. The van der Waals surface area contributed by atoms with Gasteiger partial charge in [0.05, 0.1) is 22.3 Å². The molecule has 1 atom stereocenters. The molecule has 0 radical (unpaired) electrons. The normalized spacial score (nSPS) is 14.9. The van der Waals surface area contributed by atoms with E-state index in [1.165, 1.54) is 17.8 Å². The van der Waals surface area contributed by atoms with Crippen LogP contribution in [0, 0.1) is 5.82 Å². The summed E-state index contributed by atoms with van der Waals surface area (Å²) >= 11 is 6.94. The van der Waals surface area contributed by atoms with Gasteiger partial charge < -0.3 is 4.74 Å². The molecule has 1 amide bonds. The Morgan fingerprint density at radius 3 is 2.31 bits per heavy atom. The van der Waals surface area contributed by atoms with Crippen LogP contribution < -0.4 is 4.74 Å². The molecule has 5 aromatic rings. The minimum Gasteiger partial charge on any atom is -0.489 e. The Kier molecular flexibility index (Phi) is 7.99. The first-order valence-electron chi connectivity index (χ1n) is 13.4. The number of rotatable bonds is 8. The number of carbonyl (C=O) groups excluding carboxylic acids is 1. The Labute approximate surface area is 253 Å². The van der Waals surface area contributed by atoms with E-state index in [-0.39, 0.29) is 24.4 Å². The number of nitrogens with zero attached hydrogens (tertiary/aromatic N) is 3. The average Bonchev–Trinajstić information content (AvgIpc) is 3.57. The standard InChI is InChI=1S/C34H26FN3O2S2/c1-23(24-10-4-2-5-11-24)38-33(39)31(42-34(38)41)20-27-21-37(28-13-6-3-7-14-28)36-32(27)25-16-18-29(19-17-25)40-22-26-12-8-9-15-30(26)35/h2-21,23H,22H2,1H3/b31-20-. The fraction of sp³-hybridized carbons (Fsp3) is 0.0882.